The molecule has 17 heavy (non-hydrogen) atoms. The Morgan fingerprint density at radius 2 is 2.06 bits per heavy atom. The summed E-state index contributed by atoms with van der Waals surface area (Å²) in [6.07, 6.45) is 0. The molecule has 0 fully saturated rings. The van der Waals surface area contributed by atoms with E-state index in [2.05, 4.69) is 11.8 Å². The lowest BCUT2D eigenvalue weighted by Crippen LogP contribution is -2.04. The number of alkyl halides is 1. The van der Waals surface area contributed by atoms with Crippen LogP contribution in [0.4, 0.5) is 0 Å². The van der Waals surface area contributed by atoms with Crippen molar-refractivity contribution in [1.29, 1.82) is 0 Å². The normalized spacial score (nSPS) is 13.5. The minimum Gasteiger partial charge on any atom is -0.338 e. The van der Waals surface area contributed by atoms with Crippen LogP contribution in [-0.2, 0) is 16.3 Å². The Bertz CT molecular complexity index is 439. The molecule has 0 aliphatic carbocycles. The lowest BCUT2D eigenvalue weighted by Gasteiger charge is -2.20. The van der Waals surface area contributed by atoms with Crippen LogP contribution in [0.1, 0.15) is 6.92 Å². The van der Waals surface area contributed by atoms with Gasteiger partial charge in [0.05, 0.1) is 18.2 Å². The monoisotopic (exact) mass is 304 g/mol. The van der Waals surface area contributed by atoms with Gasteiger partial charge in [0.1, 0.15) is 5.47 Å². The van der Waals surface area contributed by atoms with Gasteiger partial charge >= 0.3 is 0 Å². The molecule has 0 saturated heterocycles. The summed E-state index contributed by atoms with van der Waals surface area (Å²) in [5.74, 6) is 6.84. The van der Waals surface area contributed by atoms with E-state index in [1.807, 2.05) is 37.3 Å². The molecule has 0 amide bonds. The summed E-state index contributed by atoms with van der Waals surface area (Å²) < 4.78 is 5.78. The molecule has 92 valence electrons. The van der Waals surface area contributed by atoms with Crippen molar-refractivity contribution in [3.63, 3.8) is 0 Å². The summed E-state index contributed by atoms with van der Waals surface area (Å²) in [6, 6.07) is 10.0. The molecule has 1 atom stereocenters. The van der Waals surface area contributed by atoms with Gasteiger partial charge in [0, 0.05) is 5.30 Å². The fourth-order valence-electron chi connectivity index (χ4n) is 1.18. The first-order chi connectivity index (χ1) is 8.23. The van der Waals surface area contributed by atoms with E-state index in [0.717, 1.165) is 5.30 Å². The summed E-state index contributed by atoms with van der Waals surface area (Å²) in [5, 5.41) is 1.09. The number of hydrogen-bond donors (Lipinski definition) is 0. The van der Waals surface area contributed by atoms with E-state index in [0.29, 0.717) is 18.2 Å². The van der Waals surface area contributed by atoms with Crippen molar-refractivity contribution in [3.05, 3.63) is 30.3 Å². The second kappa shape index (κ2) is 8.19. The van der Waals surface area contributed by atoms with Gasteiger partial charge in [0.15, 0.2) is 0 Å². The highest BCUT2D eigenvalue weighted by atomic mass is 35.5. The fourth-order valence-corrected chi connectivity index (χ4v) is 6.07. The van der Waals surface area contributed by atoms with Crippen molar-refractivity contribution in [2.75, 3.05) is 18.2 Å². The van der Waals surface area contributed by atoms with E-state index in [4.69, 9.17) is 27.9 Å². The average molecular weight is 305 g/mol. The molecular weight excluding hydrogens is 291 g/mol. The van der Waals surface area contributed by atoms with Crippen molar-refractivity contribution in [3.8, 4) is 11.8 Å². The predicted octanol–water partition coefficient (Wildman–Crippen LogP) is 3.63. The molecule has 1 rings (SSSR count). The first kappa shape index (κ1) is 15.1. The summed E-state index contributed by atoms with van der Waals surface area (Å²) in [7, 11) is 0. The summed E-state index contributed by atoms with van der Waals surface area (Å²) in [5.41, 5.74) is -2.01. The van der Waals surface area contributed by atoms with Crippen molar-refractivity contribution >= 4 is 45.6 Å². The van der Waals surface area contributed by atoms with Crippen LogP contribution in [-0.4, -0.2) is 18.2 Å². The van der Waals surface area contributed by atoms with E-state index < -0.39 is 5.47 Å². The molecule has 1 nitrogen and oxygen atoms in total. The Kier molecular flexibility index (Phi) is 7.27. The third kappa shape index (κ3) is 5.04. The standard InChI is InChI=1S/C12H14ClOPS2/c1-2-14-15(16,17-11-7-6-10-13)12-8-4-3-5-9-12/h3-5,8-9H,2,10-11H2,1H3. The van der Waals surface area contributed by atoms with Crippen molar-refractivity contribution in [1.82, 2.24) is 0 Å². The van der Waals surface area contributed by atoms with Gasteiger partial charge in [-0.05, 0) is 6.92 Å². The molecule has 1 aromatic rings. The number of benzene rings is 1. The maximum atomic E-state index is 5.78. The predicted molar refractivity (Wildman–Crippen MR) is 82.9 cm³/mol. The van der Waals surface area contributed by atoms with Gasteiger partial charge in [-0.1, -0.05) is 65.4 Å². The molecule has 0 spiro atoms. The number of halogens is 1. The first-order valence-electron chi connectivity index (χ1n) is 5.19. The van der Waals surface area contributed by atoms with Crippen LogP contribution in [0.2, 0.25) is 0 Å². The zero-order valence-electron chi connectivity index (χ0n) is 9.56. The van der Waals surface area contributed by atoms with Crippen LogP contribution >= 0.6 is 28.4 Å². The lowest BCUT2D eigenvalue weighted by atomic mass is 10.4. The molecular formula is C12H14ClOPS2. The van der Waals surface area contributed by atoms with Gasteiger partial charge in [-0.15, -0.1) is 11.6 Å². The van der Waals surface area contributed by atoms with Gasteiger partial charge in [0.2, 0.25) is 0 Å². The maximum Gasteiger partial charge on any atom is 0.149 e. The van der Waals surface area contributed by atoms with Crippen molar-refractivity contribution < 1.29 is 4.52 Å². The Morgan fingerprint density at radius 1 is 1.35 bits per heavy atom. The Morgan fingerprint density at radius 3 is 2.65 bits per heavy atom. The molecule has 0 heterocycles. The summed E-state index contributed by atoms with van der Waals surface area (Å²) in [6.45, 7) is 2.59. The Labute approximate surface area is 117 Å². The second-order valence-electron chi connectivity index (χ2n) is 3.01. The number of hydrogen-bond acceptors (Lipinski definition) is 3. The Balaban J connectivity index is 2.79. The SMILES string of the molecule is CCOP(=S)(SCC#CCCl)c1ccccc1. The zero-order valence-corrected chi connectivity index (χ0v) is 12.8. The summed E-state index contributed by atoms with van der Waals surface area (Å²) >= 11 is 12.8. The molecule has 0 aromatic heterocycles. The lowest BCUT2D eigenvalue weighted by molar-refractivity contribution is 0.390. The van der Waals surface area contributed by atoms with E-state index in [-0.39, 0.29) is 0 Å². The molecule has 0 saturated carbocycles. The van der Waals surface area contributed by atoms with Gasteiger partial charge in [-0.3, -0.25) is 0 Å². The van der Waals surface area contributed by atoms with Gasteiger partial charge in [-0.25, -0.2) is 0 Å². The molecule has 0 aliphatic rings. The molecule has 0 aliphatic heterocycles. The van der Waals surface area contributed by atoms with Crippen molar-refractivity contribution in [2.45, 2.75) is 6.92 Å². The molecule has 5 heteroatoms. The van der Waals surface area contributed by atoms with E-state index in [1.54, 1.807) is 11.4 Å². The van der Waals surface area contributed by atoms with Gasteiger partial charge in [-0.2, -0.15) is 0 Å². The van der Waals surface area contributed by atoms with Crippen LogP contribution < -0.4 is 5.30 Å². The maximum absolute atomic E-state index is 5.78. The van der Waals surface area contributed by atoms with E-state index >= 15 is 0 Å². The molecule has 0 bridgehead atoms. The first-order valence-corrected chi connectivity index (χ1v) is 10.0. The van der Waals surface area contributed by atoms with Crippen LogP contribution in [0, 0.1) is 11.8 Å². The van der Waals surface area contributed by atoms with E-state index in [9.17, 15) is 0 Å². The smallest absolute Gasteiger partial charge is 0.149 e. The minimum atomic E-state index is -2.01. The van der Waals surface area contributed by atoms with Gasteiger partial charge < -0.3 is 4.52 Å². The quantitative estimate of drug-likeness (QED) is 0.467. The third-order valence-electron chi connectivity index (χ3n) is 1.87. The topological polar surface area (TPSA) is 9.23 Å². The second-order valence-corrected chi connectivity index (χ2v) is 10.1. The highest BCUT2D eigenvalue weighted by Gasteiger charge is 2.19. The van der Waals surface area contributed by atoms with Gasteiger partial charge in [0.25, 0.3) is 0 Å². The van der Waals surface area contributed by atoms with Crippen LogP contribution in [0.3, 0.4) is 0 Å². The average Bonchev–Trinajstić information content (AvgIpc) is 2.36. The molecule has 1 aromatic carbocycles. The molecule has 0 radical (unpaired) electrons. The largest absolute Gasteiger partial charge is 0.338 e. The highest BCUT2D eigenvalue weighted by molar-refractivity contribution is 8.71. The molecule has 0 N–H and O–H groups in total. The van der Waals surface area contributed by atoms with E-state index in [1.165, 1.54) is 0 Å². The van der Waals surface area contributed by atoms with Crippen LogP contribution in [0.15, 0.2) is 30.3 Å². The minimum absolute atomic E-state index is 0.364. The zero-order chi connectivity index (χ0) is 12.6. The summed E-state index contributed by atoms with van der Waals surface area (Å²) in [4.78, 5) is 0. The highest BCUT2D eigenvalue weighted by Crippen LogP contribution is 2.58. The third-order valence-corrected chi connectivity index (χ3v) is 8.40. The molecule has 1 unspecified atom stereocenters. The number of rotatable bonds is 5. The Hall–Kier alpha value is 0.0300. The fraction of sp³-hybridized carbons (Fsp3) is 0.333. The van der Waals surface area contributed by atoms with Crippen molar-refractivity contribution in [2.24, 2.45) is 0 Å². The van der Waals surface area contributed by atoms with Crippen LogP contribution in [0.25, 0.3) is 0 Å². The van der Waals surface area contributed by atoms with Crippen LogP contribution in [0.5, 0.6) is 0 Å².